The van der Waals surface area contributed by atoms with Crippen molar-refractivity contribution in [3.05, 3.63) is 42.0 Å². The third-order valence-corrected chi connectivity index (χ3v) is 4.89. The van der Waals surface area contributed by atoms with Gasteiger partial charge in [-0.15, -0.1) is 0 Å². The van der Waals surface area contributed by atoms with Crippen LogP contribution in [0.1, 0.15) is 38.7 Å². The number of rotatable bonds is 2. The Morgan fingerprint density at radius 1 is 1.00 bits per heavy atom. The van der Waals surface area contributed by atoms with Crippen LogP contribution in [-0.4, -0.2) is 13.1 Å². The number of nitrogens with zero attached hydrogens (tertiary/aromatic N) is 1. The molecule has 0 spiro atoms. The van der Waals surface area contributed by atoms with Crippen LogP contribution in [0.4, 0.5) is 5.69 Å². The molecular weight excluding hydrogens is 256 g/mol. The average molecular weight is 282 g/mol. The number of hydrogen-bond donors (Lipinski definition) is 1. The minimum absolute atomic E-state index is 0.474. The van der Waals surface area contributed by atoms with Crippen molar-refractivity contribution in [1.29, 1.82) is 0 Å². The van der Waals surface area contributed by atoms with Gasteiger partial charge in [-0.3, -0.25) is 0 Å². The zero-order valence-corrected chi connectivity index (χ0v) is 13.2. The van der Waals surface area contributed by atoms with E-state index in [0.717, 1.165) is 13.1 Å². The Kier molecular flexibility index (Phi) is 3.90. The summed E-state index contributed by atoms with van der Waals surface area (Å²) in [4.78, 5) is 2.57. The Morgan fingerprint density at radius 3 is 2.52 bits per heavy atom. The van der Waals surface area contributed by atoms with Crippen LogP contribution in [0.15, 0.2) is 36.4 Å². The van der Waals surface area contributed by atoms with Crippen molar-refractivity contribution in [3.63, 3.8) is 0 Å². The lowest BCUT2D eigenvalue weighted by atomic mass is 9.85. The summed E-state index contributed by atoms with van der Waals surface area (Å²) in [6.45, 7) is 7.71. The Bertz CT molecular complexity index is 630. The Labute approximate surface area is 127 Å². The summed E-state index contributed by atoms with van der Waals surface area (Å²) in [7, 11) is 0. The molecule has 0 amide bonds. The van der Waals surface area contributed by atoms with Crippen LogP contribution in [0.25, 0.3) is 10.8 Å². The van der Waals surface area contributed by atoms with Crippen LogP contribution >= 0.6 is 0 Å². The molecule has 2 N–H and O–H groups in total. The first-order valence-electron chi connectivity index (χ1n) is 8.06. The van der Waals surface area contributed by atoms with Gasteiger partial charge in [-0.1, -0.05) is 44.2 Å². The highest BCUT2D eigenvalue weighted by Crippen LogP contribution is 2.35. The smallest absolute Gasteiger partial charge is 0.0446 e. The maximum atomic E-state index is 5.89. The lowest BCUT2D eigenvalue weighted by Gasteiger charge is -2.26. The summed E-state index contributed by atoms with van der Waals surface area (Å²) in [5.41, 5.74) is 8.98. The van der Waals surface area contributed by atoms with Gasteiger partial charge in [0.2, 0.25) is 0 Å². The summed E-state index contributed by atoms with van der Waals surface area (Å²) in [5.74, 6) is 0. The fraction of sp³-hybridized carbons (Fsp3) is 0.474. The quantitative estimate of drug-likeness (QED) is 0.889. The second-order valence-corrected chi connectivity index (χ2v) is 7.00. The molecule has 0 bridgehead atoms. The Hall–Kier alpha value is -1.54. The van der Waals surface area contributed by atoms with E-state index >= 15 is 0 Å². The molecule has 2 heteroatoms. The molecule has 0 unspecified atom stereocenters. The summed E-state index contributed by atoms with van der Waals surface area (Å²) in [6.07, 6.45) is 3.86. The second kappa shape index (κ2) is 5.69. The highest BCUT2D eigenvalue weighted by molar-refractivity contribution is 5.96. The van der Waals surface area contributed by atoms with E-state index in [2.05, 4.69) is 55.1 Å². The van der Waals surface area contributed by atoms with E-state index < -0.39 is 0 Å². The van der Waals surface area contributed by atoms with Gasteiger partial charge in [0, 0.05) is 30.7 Å². The largest absolute Gasteiger partial charge is 0.371 e. The highest BCUT2D eigenvalue weighted by atomic mass is 15.1. The van der Waals surface area contributed by atoms with E-state index in [1.807, 2.05) is 0 Å². The van der Waals surface area contributed by atoms with Gasteiger partial charge in [-0.05, 0) is 41.7 Å². The number of hydrogen-bond acceptors (Lipinski definition) is 2. The molecule has 112 valence electrons. The van der Waals surface area contributed by atoms with Gasteiger partial charge in [-0.25, -0.2) is 0 Å². The van der Waals surface area contributed by atoms with E-state index in [0.29, 0.717) is 12.0 Å². The normalized spacial score (nSPS) is 18.7. The van der Waals surface area contributed by atoms with Crippen molar-refractivity contribution in [2.45, 2.75) is 39.7 Å². The second-order valence-electron chi connectivity index (χ2n) is 7.00. The predicted molar refractivity (Wildman–Crippen MR) is 91.7 cm³/mol. The van der Waals surface area contributed by atoms with Crippen LogP contribution < -0.4 is 10.6 Å². The number of nitrogens with two attached hydrogens (primary N) is 1. The van der Waals surface area contributed by atoms with E-state index in [9.17, 15) is 0 Å². The summed E-state index contributed by atoms with van der Waals surface area (Å²) < 4.78 is 0. The monoisotopic (exact) mass is 282 g/mol. The van der Waals surface area contributed by atoms with Gasteiger partial charge in [0.05, 0.1) is 0 Å². The summed E-state index contributed by atoms with van der Waals surface area (Å²) >= 11 is 0. The van der Waals surface area contributed by atoms with Crippen LogP contribution in [0.5, 0.6) is 0 Å². The van der Waals surface area contributed by atoms with E-state index in [4.69, 9.17) is 5.73 Å². The van der Waals surface area contributed by atoms with Crippen molar-refractivity contribution in [2.75, 3.05) is 18.0 Å². The third-order valence-electron chi connectivity index (χ3n) is 4.89. The molecule has 1 aliphatic heterocycles. The summed E-state index contributed by atoms with van der Waals surface area (Å²) in [5, 5.41) is 2.65. The first-order valence-corrected chi connectivity index (χ1v) is 8.06. The number of fused-ring (bicyclic) bond motifs is 1. The highest BCUT2D eigenvalue weighted by Gasteiger charge is 2.23. The lowest BCUT2D eigenvalue weighted by molar-refractivity contribution is 0.325. The fourth-order valence-corrected chi connectivity index (χ4v) is 3.46. The average Bonchev–Trinajstić information content (AvgIpc) is 2.67. The zero-order valence-electron chi connectivity index (χ0n) is 13.2. The first-order chi connectivity index (χ1) is 10.1. The number of anilines is 1. The van der Waals surface area contributed by atoms with Gasteiger partial charge >= 0.3 is 0 Å². The van der Waals surface area contributed by atoms with Gasteiger partial charge < -0.3 is 10.6 Å². The molecule has 1 saturated heterocycles. The lowest BCUT2D eigenvalue weighted by Crippen LogP contribution is -2.25. The summed E-state index contributed by atoms with van der Waals surface area (Å²) in [6, 6.07) is 13.1. The third kappa shape index (κ3) is 2.91. The molecule has 2 nitrogen and oxygen atoms in total. The van der Waals surface area contributed by atoms with E-state index in [1.165, 1.54) is 41.3 Å². The maximum absolute atomic E-state index is 5.89. The minimum atomic E-state index is 0.474. The molecule has 1 aliphatic rings. The van der Waals surface area contributed by atoms with Crippen LogP contribution in [0, 0.1) is 5.41 Å². The number of benzene rings is 2. The molecule has 2 aromatic rings. The molecule has 21 heavy (non-hydrogen) atoms. The van der Waals surface area contributed by atoms with E-state index in [1.54, 1.807) is 0 Å². The first kappa shape index (κ1) is 14.4. The van der Waals surface area contributed by atoms with Crippen molar-refractivity contribution < 1.29 is 0 Å². The SMILES string of the molecule is CC1(C)CCCN(c2ccc(CN)c3ccccc23)CC1. The molecule has 0 aromatic heterocycles. The Morgan fingerprint density at radius 2 is 1.76 bits per heavy atom. The van der Waals surface area contributed by atoms with Gasteiger partial charge in [0.1, 0.15) is 0 Å². The molecule has 0 aliphatic carbocycles. The van der Waals surface area contributed by atoms with E-state index in [-0.39, 0.29) is 0 Å². The zero-order chi connectivity index (χ0) is 14.9. The van der Waals surface area contributed by atoms with Crippen molar-refractivity contribution >= 4 is 16.5 Å². The van der Waals surface area contributed by atoms with Crippen molar-refractivity contribution in [2.24, 2.45) is 11.1 Å². The van der Waals surface area contributed by atoms with Gasteiger partial charge in [0.15, 0.2) is 0 Å². The molecule has 0 atom stereocenters. The van der Waals surface area contributed by atoms with Gasteiger partial charge in [0.25, 0.3) is 0 Å². The molecule has 1 fully saturated rings. The van der Waals surface area contributed by atoms with Gasteiger partial charge in [-0.2, -0.15) is 0 Å². The molecular formula is C19H26N2. The topological polar surface area (TPSA) is 29.3 Å². The minimum Gasteiger partial charge on any atom is -0.371 e. The van der Waals surface area contributed by atoms with Crippen LogP contribution in [-0.2, 0) is 6.54 Å². The van der Waals surface area contributed by atoms with Crippen LogP contribution in [0.2, 0.25) is 0 Å². The van der Waals surface area contributed by atoms with Crippen molar-refractivity contribution in [3.8, 4) is 0 Å². The Balaban J connectivity index is 2.01. The van der Waals surface area contributed by atoms with Crippen LogP contribution in [0.3, 0.4) is 0 Å². The molecule has 0 saturated carbocycles. The standard InChI is InChI=1S/C19H26N2/c1-19(2)10-5-12-21(13-11-19)18-9-8-15(14-20)16-6-3-4-7-17(16)18/h3-4,6-9H,5,10-14,20H2,1-2H3. The molecule has 3 rings (SSSR count). The molecule has 1 heterocycles. The maximum Gasteiger partial charge on any atom is 0.0446 e. The fourth-order valence-electron chi connectivity index (χ4n) is 3.46. The molecule has 2 aromatic carbocycles. The predicted octanol–water partition coefficient (Wildman–Crippen LogP) is 4.32. The van der Waals surface area contributed by atoms with Crippen molar-refractivity contribution in [1.82, 2.24) is 0 Å². The molecule has 0 radical (unpaired) electrons.